The Hall–Kier alpha value is -2.58. The molecule has 6 nitrogen and oxygen atoms in total. The number of sulfonamides is 1. The summed E-state index contributed by atoms with van der Waals surface area (Å²) in [5.41, 5.74) is 3.41. The molecule has 1 aromatic heterocycles. The monoisotopic (exact) mass is 404 g/mol. The van der Waals surface area contributed by atoms with Crippen molar-refractivity contribution in [3.05, 3.63) is 58.4 Å². The van der Waals surface area contributed by atoms with Gasteiger partial charge in [-0.25, -0.2) is 13.4 Å². The maximum atomic E-state index is 11.3. The molecule has 0 saturated heterocycles. The molecule has 8 heteroatoms. The molecule has 0 saturated carbocycles. The SMILES string of the molecule is COc1ccc(Cc2nc(-c3ccc(NS(C)(=O)=O)cc3)cs2)cc1OC. The van der Waals surface area contributed by atoms with Crippen LogP contribution in [-0.2, 0) is 16.4 Å². The van der Waals surface area contributed by atoms with Gasteiger partial charge in [0.25, 0.3) is 0 Å². The summed E-state index contributed by atoms with van der Waals surface area (Å²) in [6.07, 6.45) is 1.82. The molecule has 1 heterocycles. The third kappa shape index (κ3) is 4.99. The number of aromatic nitrogens is 1. The molecule has 142 valence electrons. The fourth-order valence-electron chi connectivity index (χ4n) is 2.61. The third-order valence-corrected chi connectivity index (χ3v) is 5.29. The minimum absolute atomic E-state index is 0.530. The molecule has 0 aliphatic rings. The van der Waals surface area contributed by atoms with Gasteiger partial charge in [-0.15, -0.1) is 11.3 Å². The van der Waals surface area contributed by atoms with Crippen LogP contribution in [0.3, 0.4) is 0 Å². The largest absolute Gasteiger partial charge is 0.493 e. The summed E-state index contributed by atoms with van der Waals surface area (Å²) in [7, 11) is -0.0498. The van der Waals surface area contributed by atoms with E-state index >= 15 is 0 Å². The van der Waals surface area contributed by atoms with Crippen LogP contribution in [-0.4, -0.2) is 33.9 Å². The second-order valence-corrected chi connectivity index (χ2v) is 8.64. The van der Waals surface area contributed by atoms with E-state index in [-0.39, 0.29) is 0 Å². The van der Waals surface area contributed by atoms with Crippen LogP contribution >= 0.6 is 11.3 Å². The molecule has 0 amide bonds. The lowest BCUT2D eigenvalue weighted by atomic mass is 10.1. The van der Waals surface area contributed by atoms with Crippen molar-refractivity contribution < 1.29 is 17.9 Å². The second kappa shape index (κ2) is 7.98. The normalized spacial score (nSPS) is 11.2. The van der Waals surface area contributed by atoms with Crippen molar-refractivity contribution in [1.29, 1.82) is 0 Å². The lowest BCUT2D eigenvalue weighted by molar-refractivity contribution is 0.354. The molecule has 27 heavy (non-hydrogen) atoms. The standard InChI is InChI=1S/C19H20N2O4S2/c1-24-17-9-4-13(10-18(17)25-2)11-19-20-16(12-26-19)14-5-7-15(8-6-14)21-27(3,22)23/h4-10,12,21H,11H2,1-3H3. The van der Waals surface area contributed by atoms with Gasteiger partial charge in [0.1, 0.15) is 0 Å². The highest BCUT2D eigenvalue weighted by Crippen LogP contribution is 2.30. The van der Waals surface area contributed by atoms with Crippen LogP contribution in [0.25, 0.3) is 11.3 Å². The van der Waals surface area contributed by atoms with Crippen LogP contribution in [0.15, 0.2) is 47.8 Å². The van der Waals surface area contributed by atoms with E-state index in [1.54, 1.807) is 37.7 Å². The Morgan fingerprint density at radius 1 is 1.04 bits per heavy atom. The lowest BCUT2D eigenvalue weighted by Crippen LogP contribution is -2.09. The molecule has 0 bridgehead atoms. The number of benzene rings is 2. The summed E-state index contributed by atoms with van der Waals surface area (Å²) >= 11 is 1.58. The van der Waals surface area contributed by atoms with E-state index in [2.05, 4.69) is 9.71 Å². The molecular formula is C19H20N2O4S2. The molecule has 0 atom stereocenters. The van der Waals surface area contributed by atoms with Gasteiger partial charge in [-0.05, 0) is 29.8 Å². The lowest BCUT2D eigenvalue weighted by Gasteiger charge is -2.08. The van der Waals surface area contributed by atoms with Crippen molar-refractivity contribution in [3.63, 3.8) is 0 Å². The van der Waals surface area contributed by atoms with Gasteiger partial charge >= 0.3 is 0 Å². The Morgan fingerprint density at radius 2 is 1.74 bits per heavy atom. The topological polar surface area (TPSA) is 77.5 Å². The van der Waals surface area contributed by atoms with E-state index in [0.717, 1.165) is 28.1 Å². The average Bonchev–Trinajstić information content (AvgIpc) is 3.09. The highest BCUT2D eigenvalue weighted by molar-refractivity contribution is 7.92. The van der Waals surface area contributed by atoms with Crippen LogP contribution < -0.4 is 14.2 Å². The number of methoxy groups -OCH3 is 2. The van der Waals surface area contributed by atoms with Crippen LogP contribution in [0.5, 0.6) is 11.5 Å². The Labute approximate surface area is 162 Å². The molecule has 0 radical (unpaired) electrons. The zero-order valence-corrected chi connectivity index (χ0v) is 16.9. The van der Waals surface area contributed by atoms with Gasteiger partial charge < -0.3 is 9.47 Å². The van der Waals surface area contributed by atoms with Crippen molar-refractivity contribution in [2.45, 2.75) is 6.42 Å². The molecular weight excluding hydrogens is 384 g/mol. The van der Waals surface area contributed by atoms with Crippen molar-refractivity contribution >= 4 is 27.0 Å². The maximum Gasteiger partial charge on any atom is 0.229 e. The van der Waals surface area contributed by atoms with Gasteiger partial charge in [0.05, 0.1) is 31.2 Å². The quantitative estimate of drug-likeness (QED) is 0.648. The third-order valence-electron chi connectivity index (χ3n) is 3.84. The fraction of sp³-hybridized carbons (Fsp3) is 0.211. The van der Waals surface area contributed by atoms with Crippen LogP contribution in [0.2, 0.25) is 0 Å². The number of rotatable bonds is 7. The Kier molecular flexibility index (Phi) is 5.67. The zero-order valence-electron chi connectivity index (χ0n) is 15.2. The highest BCUT2D eigenvalue weighted by Gasteiger charge is 2.09. The number of anilines is 1. The number of hydrogen-bond donors (Lipinski definition) is 1. The van der Waals surface area contributed by atoms with Gasteiger partial charge in [0.2, 0.25) is 10.0 Å². The molecule has 1 N–H and O–H groups in total. The first-order chi connectivity index (χ1) is 12.9. The van der Waals surface area contributed by atoms with E-state index in [1.165, 1.54) is 0 Å². The molecule has 3 aromatic rings. The van der Waals surface area contributed by atoms with E-state index in [0.29, 0.717) is 23.6 Å². The predicted molar refractivity (Wildman–Crippen MR) is 108 cm³/mol. The van der Waals surface area contributed by atoms with Gasteiger partial charge in [-0.2, -0.15) is 0 Å². The Balaban J connectivity index is 1.75. The van der Waals surface area contributed by atoms with Crippen molar-refractivity contribution in [2.75, 3.05) is 25.2 Å². The second-order valence-electron chi connectivity index (χ2n) is 5.94. The maximum absolute atomic E-state index is 11.3. The smallest absolute Gasteiger partial charge is 0.229 e. The van der Waals surface area contributed by atoms with Gasteiger partial charge in [-0.1, -0.05) is 18.2 Å². The number of thiazole rings is 1. The first-order valence-electron chi connectivity index (χ1n) is 8.11. The van der Waals surface area contributed by atoms with Crippen molar-refractivity contribution in [2.24, 2.45) is 0 Å². The molecule has 0 unspecified atom stereocenters. The summed E-state index contributed by atoms with van der Waals surface area (Å²) in [4.78, 5) is 4.69. The van der Waals surface area contributed by atoms with E-state index in [4.69, 9.17) is 9.47 Å². The first-order valence-corrected chi connectivity index (χ1v) is 10.9. The molecule has 3 rings (SSSR count). The predicted octanol–water partition coefficient (Wildman–Crippen LogP) is 3.79. The zero-order chi connectivity index (χ0) is 19.4. The van der Waals surface area contributed by atoms with Crippen LogP contribution in [0.1, 0.15) is 10.6 Å². The molecule has 0 aliphatic carbocycles. The fourth-order valence-corrected chi connectivity index (χ4v) is 4.01. The summed E-state index contributed by atoms with van der Waals surface area (Å²) in [5.74, 6) is 1.39. The molecule has 0 aliphatic heterocycles. The highest BCUT2D eigenvalue weighted by atomic mass is 32.2. The van der Waals surface area contributed by atoms with Crippen molar-refractivity contribution in [1.82, 2.24) is 4.98 Å². The van der Waals surface area contributed by atoms with E-state index in [9.17, 15) is 8.42 Å². The van der Waals surface area contributed by atoms with Crippen LogP contribution in [0, 0.1) is 0 Å². The van der Waals surface area contributed by atoms with E-state index in [1.807, 2.05) is 35.7 Å². The average molecular weight is 405 g/mol. The molecule has 0 spiro atoms. The number of nitrogens with one attached hydrogen (secondary N) is 1. The van der Waals surface area contributed by atoms with Gasteiger partial charge in [0, 0.05) is 23.1 Å². The van der Waals surface area contributed by atoms with Crippen LogP contribution in [0.4, 0.5) is 5.69 Å². The van der Waals surface area contributed by atoms with Gasteiger partial charge in [0.15, 0.2) is 11.5 Å². The minimum Gasteiger partial charge on any atom is -0.493 e. The summed E-state index contributed by atoms with van der Waals surface area (Å²) in [6, 6.07) is 13.0. The number of ether oxygens (including phenoxy) is 2. The number of hydrogen-bond acceptors (Lipinski definition) is 6. The summed E-state index contributed by atoms with van der Waals surface area (Å²) < 4.78 is 35.6. The Bertz CT molecular complexity index is 1030. The number of nitrogens with zero attached hydrogens (tertiary/aromatic N) is 1. The van der Waals surface area contributed by atoms with Gasteiger partial charge in [-0.3, -0.25) is 4.72 Å². The van der Waals surface area contributed by atoms with E-state index < -0.39 is 10.0 Å². The Morgan fingerprint density at radius 3 is 2.37 bits per heavy atom. The molecule has 2 aromatic carbocycles. The summed E-state index contributed by atoms with van der Waals surface area (Å²) in [6.45, 7) is 0. The first kappa shape index (κ1) is 19.2. The minimum atomic E-state index is -3.28. The molecule has 0 fully saturated rings. The summed E-state index contributed by atoms with van der Waals surface area (Å²) in [5, 5.41) is 2.98. The van der Waals surface area contributed by atoms with Crippen molar-refractivity contribution in [3.8, 4) is 22.8 Å².